The molecule has 0 amide bonds. The number of aliphatic hydroxyl groups excluding tert-OH is 1. The van der Waals surface area contributed by atoms with Crippen LogP contribution in [0.15, 0.2) is 36.4 Å². The topological polar surface area (TPSA) is 118 Å². The molecule has 2 aromatic carbocycles. The highest BCUT2D eigenvalue weighted by molar-refractivity contribution is 6.33. The summed E-state index contributed by atoms with van der Waals surface area (Å²) in [4.78, 5) is 26.4. The standard InChI is InChI=1S/C16H12ClN3O5/c17-10-2-1-3-12(20(24)25)14(10)15-18-11-5-4-9(16(22)23)8-13(11)19(15)6-7-21/h1-5,8,21H,6-7H2,(H,22,23). The zero-order chi connectivity index (χ0) is 18.1. The molecular weight excluding hydrogens is 350 g/mol. The first-order chi connectivity index (χ1) is 11.9. The molecule has 128 valence electrons. The summed E-state index contributed by atoms with van der Waals surface area (Å²) in [5.41, 5.74) is 0.837. The highest BCUT2D eigenvalue weighted by Gasteiger charge is 2.24. The summed E-state index contributed by atoms with van der Waals surface area (Å²) in [5.74, 6) is -0.909. The average Bonchev–Trinajstić information content (AvgIpc) is 2.92. The zero-order valence-corrected chi connectivity index (χ0v) is 13.5. The molecule has 25 heavy (non-hydrogen) atoms. The number of aromatic carboxylic acids is 1. The number of benzene rings is 2. The summed E-state index contributed by atoms with van der Waals surface area (Å²) in [6.07, 6.45) is 0. The van der Waals surface area contributed by atoms with Gasteiger partial charge in [-0.05, 0) is 24.3 Å². The number of nitro groups is 1. The van der Waals surface area contributed by atoms with Gasteiger partial charge in [0.1, 0.15) is 11.4 Å². The largest absolute Gasteiger partial charge is 0.478 e. The maximum Gasteiger partial charge on any atom is 0.335 e. The van der Waals surface area contributed by atoms with Crippen LogP contribution in [0.3, 0.4) is 0 Å². The first-order valence-corrected chi connectivity index (χ1v) is 7.59. The van der Waals surface area contributed by atoms with Crippen LogP contribution >= 0.6 is 11.6 Å². The molecule has 3 rings (SSSR count). The van der Waals surface area contributed by atoms with Crippen LogP contribution in [-0.4, -0.2) is 37.3 Å². The fraction of sp³-hybridized carbons (Fsp3) is 0.125. The van der Waals surface area contributed by atoms with Gasteiger partial charge in [-0.2, -0.15) is 0 Å². The van der Waals surface area contributed by atoms with Crippen LogP contribution in [0.5, 0.6) is 0 Å². The van der Waals surface area contributed by atoms with E-state index in [4.69, 9.17) is 16.7 Å². The Bertz CT molecular complexity index is 999. The van der Waals surface area contributed by atoms with Crippen LogP contribution in [-0.2, 0) is 6.54 Å². The van der Waals surface area contributed by atoms with Crippen molar-refractivity contribution < 1.29 is 19.9 Å². The van der Waals surface area contributed by atoms with Crippen molar-refractivity contribution in [2.75, 3.05) is 6.61 Å². The Hall–Kier alpha value is -2.97. The molecule has 1 heterocycles. The molecule has 0 aliphatic rings. The number of carbonyl (C=O) groups is 1. The smallest absolute Gasteiger partial charge is 0.335 e. The Balaban J connectivity index is 2.36. The number of hydrogen-bond donors (Lipinski definition) is 2. The van der Waals surface area contributed by atoms with Crippen LogP contribution in [0.25, 0.3) is 22.4 Å². The minimum Gasteiger partial charge on any atom is -0.478 e. The molecule has 0 aliphatic heterocycles. The Morgan fingerprint density at radius 3 is 2.72 bits per heavy atom. The van der Waals surface area contributed by atoms with Crippen molar-refractivity contribution in [2.45, 2.75) is 6.54 Å². The quantitative estimate of drug-likeness (QED) is 0.532. The van der Waals surface area contributed by atoms with E-state index in [1.165, 1.54) is 41.0 Å². The minimum atomic E-state index is -1.11. The highest BCUT2D eigenvalue weighted by Crippen LogP contribution is 2.37. The van der Waals surface area contributed by atoms with Crippen LogP contribution in [0, 0.1) is 10.1 Å². The van der Waals surface area contributed by atoms with Gasteiger partial charge in [0.2, 0.25) is 0 Å². The van der Waals surface area contributed by atoms with Gasteiger partial charge in [-0.15, -0.1) is 0 Å². The molecule has 0 spiro atoms. The van der Waals surface area contributed by atoms with Gasteiger partial charge in [-0.25, -0.2) is 9.78 Å². The molecule has 0 saturated carbocycles. The van der Waals surface area contributed by atoms with Gasteiger partial charge in [0, 0.05) is 12.6 Å². The predicted molar refractivity (Wildman–Crippen MR) is 90.9 cm³/mol. The number of nitro benzene ring substituents is 1. The lowest BCUT2D eigenvalue weighted by atomic mass is 10.1. The van der Waals surface area contributed by atoms with E-state index in [0.29, 0.717) is 11.0 Å². The van der Waals surface area contributed by atoms with Crippen molar-refractivity contribution >= 4 is 34.3 Å². The second-order valence-corrected chi connectivity index (χ2v) is 5.62. The maximum atomic E-state index is 11.4. The number of rotatable bonds is 5. The third-order valence-electron chi connectivity index (χ3n) is 3.73. The summed E-state index contributed by atoms with van der Waals surface area (Å²) in [7, 11) is 0. The van der Waals surface area contributed by atoms with Crippen molar-refractivity contribution in [1.29, 1.82) is 0 Å². The molecule has 0 atom stereocenters. The van der Waals surface area contributed by atoms with Gasteiger partial charge in [0.25, 0.3) is 5.69 Å². The normalized spacial score (nSPS) is 11.0. The molecule has 8 nitrogen and oxygen atoms in total. The number of carboxylic acids is 1. The molecule has 2 N–H and O–H groups in total. The number of nitrogens with zero attached hydrogens (tertiary/aromatic N) is 3. The number of hydrogen-bond acceptors (Lipinski definition) is 5. The second kappa shape index (κ2) is 6.50. The van der Waals surface area contributed by atoms with Gasteiger partial charge in [-0.3, -0.25) is 10.1 Å². The molecular formula is C16H12ClN3O5. The van der Waals surface area contributed by atoms with E-state index < -0.39 is 10.9 Å². The van der Waals surface area contributed by atoms with E-state index in [1.807, 2.05) is 0 Å². The third kappa shape index (κ3) is 2.92. The van der Waals surface area contributed by atoms with Crippen LogP contribution in [0.4, 0.5) is 5.69 Å². The number of imidazole rings is 1. The van der Waals surface area contributed by atoms with Crippen molar-refractivity contribution in [2.24, 2.45) is 0 Å². The number of halogens is 1. The first-order valence-electron chi connectivity index (χ1n) is 7.21. The molecule has 9 heteroatoms. The molecule has 3 aromatic rings. The van der Waals surface area contributed by atoms with Gasteiger partial charge in [0.05, 0.1) is 33.1 Å². The van der Waals surface area contributed by atoms with Crippen molar-refractivity contribution in [3.8, 4) is 11.4 Å². The fourth-order valence-corrected chi connectivity index (χ4v) is 2.91. The number of carboxylic acid groups (broad SMARTS) is 1. The van der Waals surface area contributed by atoms with Crippen molar-refractivity contribution in [3.05, 3.63) is 57.1 Å². The Morgan fingerprint density at radius 2 is 2.08 bits per heavy atom. The van der Waals surface area contributed by atoms with Crippen molar-refractivity contribution in [1.82, 2.24) is 9.55 Å². The monoisotopic (exact) mass is 361 g/mol. The fourth-order valence-electron chi connectivity index (χ4n) is 2.66. The summed E-state index contributed by atoms with van der Waals surface area (Å²) in [5, 5.41) is 30.0. The van der Waals surface area contributed by atoms with Crippen LogP contribution in [0.2, 0.25) is 5.02 Å². The highest BCUT2D eigenvalue weighted by atomic mass is 35.5. The minimum absolute atomic E-state index is 0.0480. The maximum absolute atomic E-state index is 11.4. The summed E-state index contributed by atoms with van der Waals surface area (Å²) < 4.78 is 1.52. The molecule has 0 aliphatic carbocycles. The van der Waals surface area contributed by atoms with E-state index in [-0.39, 0.29) is 40.8 Å². The van der Waals surface area contributed by atoms with Gasteiger partial charge < -0.3 is 14.8 Å². The van der Waals surface area contributed by atoms with E-state index >= 15 is 0 Å². The Labute approximate surface area is 146 Å². The van der Waals surface area contributed by atoms with Gasteiger partial charge >= 0.3 is 5.97 Å². The van der Waals surface area contributed by atoms with Crippen LogP contribution in [0.1, 0.15) is 10.4 Å². The average molecular weight is 362 g/mol. The predicted octanol–water partition coefficient (Wildman–Crippen LogP) is 2.96. The Kier molecular flexibility index (Phi) is 4.39. The van der Waals surface area contributed by atoms with E-state index in [2.05, 4.69) is 4.98 Å². The molecule has 1 aromatic heterocycles. The lowest BCUT2D eigenvalue weighted by Gasteiger charge is -2.09. The molecule has 0 saturated heterocycles. The van der Waals surface area contributed by atoms with E-state index in [1.54, 1.807) is 0 Å². The third-order valence-corrected chi connectivity index (χ3v) is 4.05. The number of fused-ring (bicyclic) bond motifs is 1. The summed E-state index contributed by atoms with van der Waals surface area (Å²) in [6.45, 7) is -0.175. The first kappa shape index (κ1) is 16.9. The van der Waals surface area contributed by atoms with Crippen LogP contribution < -0.4 is 0 Å². The number of aliphatic hydroxyl groups is 1. The van der Waals surface area contributed by atoms with Gasteiger partial charge in [-0.1, -0.05) is 17.7 Å². The van der Waals surface area contributed by atoms with Gasteiger partial charge in [0.15, 0.2) is 0 Å². The SMILES string of the molecule is O=C(O)c1ccc2nc(-c3c(Cl)cccc3[N+](=O)[O-])n(CCO)c2c1. The Morgan fingerprint density at radius 1 is 1.32 bits per heavy atom. The summed E-state index contributed by atoms with van der Waals surface area (Å²) >= 11 is 6.18. The lowest BCUT2D eigenvalue weighted by Crippen LogP contribution is -2.06. The molecule has 0 bridgehead atoms. The zero-order valence-electron chi connectivity index (χ0n) is 12.7. The van der Waals surface area contributed by atoms with E-state index in [9.17, 15) is 20.0 Å². The second-order valence-electron chi connectivity index (χ2n) is 5.21. The number of aromatic nitrogens is 2. The van der Waals surface area contributed by atoms with E-state index in [0.717, 1.165) is 0 Å². The van der Waals surface area contributed by atoms with Crippen molar-refractivity contribution in [3.63, 3.8) is 0 Å². The molecule has 0 unspecified atom stereocenters. The summed E-state index contributed by atoms with van der Waals surface area (Å²) in [6, 6.07) is 8.60. The molecule has 0 radical (unpaired) electrons. The lowest BCUT2D eigenvalue weighted by molar-refractivity contribution is -0.384. The molecule has 0 fully saturated rings.